The standard InChI is InChI=1S/C12H24O2/c13-10-8-6-4-2-1-3-5-7-9-12-11-14-12/h12-13H,1-11H2. The van der Waals surface area contributed by atoms with Crippen LogP contribution in [-0.4, -0.2) is 24.4 Å². The Morgan fingerprint density at radius 1 is 0.857 bits per heavy atom. The molecule has 2 heteroatoms. The molecule has 1 aliphatic rings. The molecule has 0 spiro atoms. The van der Waals surface area contributed by atoms with Crippen LogP contribution in [0.5, 0.6) is 0 Å². The van der Waals surface area contributed by atoms with Gasteiger partial charge in [0.25, 0.3) is 0 Å². The molecule has 0 aliphatic carbocycles. The summed E-state index contributed by atoms with van der Waals surface area (Å²) >= 11 is 0. The molecular weight excluding hydrogens is 176 g/mol. The molecule has 0 bridgehead atoms. The fourth-order valence-electron chi connectivity index (χ4n) is 1.78. The summed E-state index contributed by atoms with van der Waals surface area (Å²) in [7, 11) is 0. The van der Waals surface area contributed by atoms with Crippen molar-refractivity contribution >= 4 is 0 Å². The van der Waals surface area contributed by atoms with E-state index in [4.69, 9.17) is 9.84 Å². The molecule has 1 saturated heterocycles. The number of ether oxygens (including phenoxy) is 1. The summed E-state index contributed by atoms with van der Waals surface area (Å²) in [5.41, 5.74) is 0. The van der Waals surface area contributed by atoms with Gasteiger partial charge in [-0.2, -0.15) is 0 Å². The maximum absolute atomic E-state index is 8.58. The summed E-state index contributed by atoms with van der Waals surface area (Å²) in [4.78, 5) is 0. The highest BCUT2D eigenvalue weighted by atomic mass is 16.6. The normalized spacial score (nSPS) is 19.9. The zero-order valence-corrected chi connectivity index (χ0v) is 9.21. The van der Waals surface area contributed by atoms with Gasteiger partial charge in [-0.15, -0.1) is 0 Å². The van der Waals surface area contributed by atoms with Gasteiger partial charge in [0.05, 0.1) is 12.7 Å². The molecule has 0 aromatic heterocycles. The lowest BCUT2D eigenvalue weighted by atomic mass is 10.1. The van der Waals surface area contributed by atoms with Crippen molar-refractivity contribution in [2.75, 3.05) is 13.2 Å². The van der Waals surface area contributed by atoms with Crippen LogP contribution in [0.1, 0.15) is 57.8 Å². The molecule has 1 rings (SSSR count). The van der Waals surface area contributed by atoms with Crippen LogP contribution in [0.4, 0.5) is 0 Å². The third-order valence-electron chi connectivity index (χ3n) is 2.84. The van der Waals surface area contributed by atoms with Crippen molar-refractivity contribution in [3.05, 3.63) is 0 Å². The highest BCUT2D eigenvalue weighted by Crippen LogP contribution is 2.18. The number of aliphatic hydroxyl groups excluding tert-OH is 1. The number of epoxide rings is 1. The molecule has 1 heterocycles. The first-order valence-electron chi connectivity index (χ1n) is 6.16. The highest BCUT2D eigenvalue weighted by Gasteiger charge is 2.20. The van der Waals surface area contributed by atoms with Crippen LogP contribution in [0.25, 0.3) is 0 Å². The quantitative estimate of drug-likeness (QED) is 0.434. The first kappa shape index (κ1) is 12.0. The predicted molar refractivity (Wildman–Crippen MR) is 58.4 cm³/mol. The van der Waals surface area contributed by atoms with E-state index in [-0.39, 0.29) is 0 Å². The van der Waals surface area contributed by atoms with Crippen molar-refractivity contribution in [1.82, 2.24) is 0 Å². The van der Waals surface area contributed by atoms with Gasteiger partial charge in [-0.05, 0) is 12.8 Å². The number of unbranched alkanes of at least 4 members (excludes halogenated alkanes) is 7. The van der Waals surface area contributed by atoms with Crippen molar-refractivity contribution in [1.29, 1.82) is 0 Å². The molecule has 1 aliphatic heterocycles. The summed E-state index contributed by atoms with van der Waals surface area (Å²) < 4.78 is 5.16. The first-order chi connectivity index (χ1) is 6.93. The number of aliphatic hydroxyl groups is 1. The zero-order valence-electron chi connectivity index (χ0n) is 9.21. The highest BCUT2D eigenvalue weighted by molar-refractivity contribution is 4.68. The molecule has 0 aromatic rings. The summed E-state index contributed by atoms with van der Waals surface area (Å²) in [6.07, 6.45) is 12.2. The molecule has 1 N–H and O–H groups in total. The van der Waals surface area contributed by atoms with Crippen molar-refractivity contribution in [3.8, 4) is 0 Å². The minimum Gasteiger partial charge on any atom is -0.396 e. The van der Waals surface area contributed by atoms with E-state index in [0.29, 0.717) is 12.7 Å². The van der Waals surface area contributed by atoms with Gasteiger partial charge in [0, 0.05) is 6.61 Å². The maximum atomic E-state index is 8.58. The van der Waals surface area contributed by atoms with Gasteiger partial charge < -0.3 is 9.84 Å². The minimum absolute atomic E-state index is 0.362. The Labute approximate surface area is 87.7 Å². The van der Waals surface area contributed by atoms with Gasteiger partial charge in [-0.1, -0.05) is 44.9 Å². The lowest BCUT2D eigenvalue weighted by Crippen LogP contribution is -1.86. The summed E-state index contributed by atoms with van der Waals surface area (Å²) in [5, 5.41) is 8.58. The van der Waals surface area contributed by atoms with Crippen LogP contribution in [0, 0.1) is 0 Å². The number of hydrogen-bond donors (Lipinski definition) is 1. The number of hydrogen-bond acceptors (Lipinski definition) is 2. The average Bonchev–Trinajstić information content (AvgIpc) is 2.99. The molecule has 2 nitrogen and oxygen atoms in total. The summed E-state index contributed by atoms with van der Waals surface area (Å²) in [6, 6.07) is 0. The monoisotopic (exact) mass is 200 g/mol. The topological polar surface area (TPSA) is 32.8 Å². The largest absolute Gasteiger partial charge is 0.396 e. The van der Waals surface area contributed by atoms with Gasteiger partial charge in [0.1, 0.15) is 0 Å². The summed E-state index contributed by atoms with van der Waals surface area (Å²) in [6.45, 7) is 1.38. The molecule has 0 saturated carbocycles. The van der Waals surface area contributed by atoms with Crippen molar-refractivity contribution < 1.29 is 9.84 Å². The maximum Gasteiger partial charge on any atom is 0.0810 e. The Hall–Kier alpha value is -0.0800. The Balaban J connectivity index is 1.63. The molecule has 0 aromatic carbocycles. The van der Waals surface area contributed by atoms with E-state index >= 15 is 0 Å². The Morgan fingerprint density at radius 3 is 1.86 bits per heavy atom. The molecule has 1 fully saturated rings. The zero-order chi connectivity index (χ0) is 10.1. The molecule has 1 unspecified atom stereocenters. The molecule has 0 amide bonds. The van der Waals surface area contributed by atoms with E-state index in [1.165, 1.54) is 51.4 Å². The second-order valence-electron chi connectivity index (χ2n) is 4.30. The predicted octanol–water partition coefficient (Wildman–Crippen LogP) is 2.89. The minimum atomic E-state index is 0.362. The van der Waals surface area contributed by atoms with E-state index in [2.05, 4.69) is 0 Å². The van der Waals surface area contributed by atoms with E-state index in [9.17, 15) is 0 Å². The van der Waals surface area contributed by atoms with E-state index in [0.717, 1.165) is 13.0 Å². The molecule has 0 radical (unpaired) electrons. The molecule has 84 valence electrons. The van der Waals surface area contributed by atoms with Crippen LogP contribution >= 0.6 is 0 Å². The van der Waals surface area contributed by atoms with Gasteiger partial charge in [-0.25, -0.2) is 0 Å². The molecule has 1 atom stereocenters. The van der Waals surface area contributed by atoms with Gasteiger partial charge >= 0.3 is 0 Å². The van der Waals surface area contributed by atoms with E-state index in [1.807, 2.05) is 0 Å². The fourth-order valence-corrected chi connectivity index (χ4v) is 1.78. The van der Waals surface area contributed by atoms with Gasteiger partial charge in [0.15, 0.2) is 0 Å². The van der Waals surface area contributed by atoms with Gasteiger partial charge in [0.2, 0.25) is 0 Å². The van der Waals surface area contributed by atoms with Gasteiger partial charge in [-0.3, -0.25) is 0 Å². The lowest BCUT2D eigenvalue weighted by molar-refractivity contribution is 0.282. The Kier molecular flexibility index (Phi) is 7.06. The fraction of sp³-hybridized carbons (Fsp3) is 1.00. The van der Waals surface area contributed by atoms with Crippen molar-refractivity contribution in [2.45, 2.75) is 63.9 Å². The third-order valence-corrected chi connectivity index (χ3v) is 2.84. The Morgan fingerprint density at radius 2 is 1.36 bits per heavy atom. The lowest BCUT2D eigenvalue weighted by Gasteiger charge is -2.00. The Bertz CT molecular complexity index is 121. The average molecular weight is 200 g/mol. The second-order valence-corrected chi connectivity index (χ2v) is 4.30. The number of rotatable bonds is 10. The molecule has 14 heavy (non-hydrogen) atoms. The molecular formula is C12H24O2. The van der Waals surface area contributed by atoms with Crippen molar-refractivity contribution in [2.24, 2.45) is 0 Å². The smallest absolute Gasteiger partial charge is 0.0810 e. The van der Waals surface area contributed by atoms with Crippen LogP contribution < -0.4 is 0 Å². The van der Waals surface area contributed by atoms with Crippen LogP contribution in [0.3, 0.4) is 0 Å². The SMILES string of the molecule is OCCCCCCCCCCC1CO1. The second kappa shape index (κ2) is 8.25. The van der Waals surface area contributed by atoms with Crippen LogP contribution in [0.2, 0.25) is 0 Å². The van der Waals surface area contributed by atoms with Crippen LogP contribution in [0.15, 0.2) is 0 Å². The van der Waals surface area contributed by atoms with E-state index in [1.54, 1.807) is 0 Å². The van der Waals surface area contributed by atoms with E-state index < -0.39 is 0 Å². The third kappa shape index (κ3) is 7.34. The van der Waals surface area contributed by atoms with Crippen molar-refractivity contribution in [3.63, 3.8) is 0 Å². The first-order valence-corrected chi connectivity index (χ1v) is 6.16. The summed E-state index contributed by atoms with van der Waals surface area (Å²) in [5.74, 6) is 0. The van der Waals surface area contributed by atoms with Crippen LogP contribution in [-0.2, 0) is 4.74 Å².